The Morgan fingerprint density at radius 3 is 2.67 bits per heavy atom. The largest absolute Gasteiger partial charge is 0.334 e. The van der Waals surface area contributed by atoms with Gasteiger partial charge in [0.1, 0.15) is 5.82 Å². The average Bonchev–Trinajstić information content (AvgIpc) is 3.12. The number of carbonyl (C=O) groups is 1. The fourth-order valence-electron chi connectivity index (χ4n) is 1.87. The Bertz CT molecular complexity index is 410. The van der Waals surface area contributed by atoms with E-state index in [-0.39, 0.29) is 24.1 Å². The van der Waals surface area contributed by atoms with Gasteiger partial charge in [-0.15, -0.1) is 12.4 Å². The van der Waals surface area contributed by atoms with Gasteiger partial charge in [-0.1, -0.05) is 18.2 Å². The van der Waals surface area contributed by atoms with Crippen LogP contribution >= 0.6 is 12.4 Å². The molecule has 0 atom stereocenters. The maximum absolute atomic E-state index is 13.5. The van der Waals surface area contributed by atoms with E-state index >= 15 is 0 Å². The summed E-state index contributed by atoms with van der Waals surface area (Å²) in [6.07, 6.45) is 2.06. The van der Waals surface area contributed by atoms with Crippen molar-refractivity contribution in [3.8, 4) is 0 Å². The van der Waals surface area contributed by atoms with Gasteiger partial charge < -0.3 is 10.2 Å². The smallest absolute Gasteiger partial charge is 0.237 e. The van der Waals surface area contributed by atoms with Crippen molar-refractivity contribution in [2.45, 2.75) is 25.4 Å². The Labute approximate surface area is 113 Å². The molecule has 1 aromatic carbocycles. The van der Waals surface area contributed by atoms with Crippen LogP contribution in [0.4, 0.5) is 4.39 Å². The summed E-state index contributed by atoms with van der Waals surface area (Å²) < 4.78 is 13.5. The molecule has 0 spiro atoms. The molecule has 0 heterocycles. The summed E-state index contributed by atoms with van der Waals surface area (Å²) in [5, 5.41) is 2.85. The first-order chi connectivity index (χ1) is 8.22. The molecule has 1 aromatic rings. The third-order valence-corrected chi connectivity index (χ3v) is 2.93. The molecule has 18 heavy (non-hydrogen) atoms. The van der Waals surface area contributed by atoms with Crippen LogP contribution in [0.2, 0.25) is 0 Å². The molecular weight excluding hydrogens is 255 g/mol. The van der Waals surface area contributed by atoms with Crippen molar-refractivity contribution < 1.29 is 9.18 Å². The first-order valence-electron chi connectivity index (χ1n) is 5.90. The fraction of sp³-hybridized carbons (Fsp3) is 0.462. The Balaban J connectivity index is 0.00000162. The maximum atomic E-state index is 13.5. The zero-order valence-electron chi connectivity index (χ0n) is 10.4. The molecule has 1 fully saturated rings. The normalized spacial score (nSPS) is 13.9. The Hall–Kier alpha value is -1.13. The summed E-state index contributed by atoms with van der Waals surface area (Å²) in [6, 6.07) is 6.93. The number of nitrogens with one attached hydrogen (secondary N) is 1. The van der Waals surface area contributed by atoms with E-state index < -0.39 is 0 Å². The van der Waals surface area contributed by atoms with Gasteiger partial charge >= 0.3 is 0 Å². The molecule has 0 unspecified atom stereocenters. The SMILES string of the molecule is CNCC(=O)N(Cc1ccccc1F)C1CC1.Cl. The van der Waals surface area contributed by atoms with Crippen LogP contribution in [0.15, 0.2) is 24.3 Å². The summed E-state index contributed by atoms with van der Waals surface area (Å²) in [6.45, 7) is 0.683. The van der Waals surface area contributed by atoms with Crippen LogP contribution < -0.4 is 5.32 Å². The second-order valence-electron chi connectivity index (χ2n) is 4.37. The molecule has 1 amide bonds. The topological polar surface area (TPSA) is 32.3 Å². The first kappa shape index (κ1) is 14.9. The first-order valence-corrected chi connectivity index (χ1v) is 5.90. The summed E-state index contributed by atoms with van der Waals surface area (Å²) in [5.41, 5.74) is 0.587. The van der Waals surface area contributed by atoms with Gasteiger partial charge in [-0.25, -0.2) is 4.39 Å². The van der Waals surface area contributed by atoms with Crippen LogP contribution in [0, 0.1) is 5.82 Å². The lowest BCUT2D eigenvalue weighted by molar-refractivity contribution is -0.131. The minimum atomic E-state index is -0.240. The highest BCUT2D eigenvalue weighted by atomic mass is 35.5. The number of amides is 1. The minimum absolute atomic E-state index is 0. The van der Waals surface area contributed by atoms with Gasteiger partial charge in [0.05, 0.1) is 6.54 Å². The van der Waals surface area contributed by atoms with Crippen molar-refractivity contribution in [3.63, 3.8) is 0 Å². The molecular formula is C13H18ClFN2O. The van der Waals surface area contributed by atoms with Crippen LogP contribution in [-0.2, 0) is 11.3 Å². The van der Waals surface area contributed by atoms with E-state index in [2.05, 4.69) is 5.32 Å². The molecule has 100 valence electrons. The highest BCUT2D eigenvalue weighted by molar-refractivity contribution is 5.85. The van der Waals surface area contributed by atoms with Crippen LogP contribution in [0.1, 0.15) is 18.4 Å². The van der Waals surface area contributed by atoms with E-state index in [9.17, 15) is 9.18 Å². The van der Waals surface area contributed by atoms with Crippen LogP contribution in [0.25, 0.3) is 0 Å². The number of hydrogen-bond donors (Lipinski definition) is 1. The molecule has 1 aliphatic rings. The molecule has 5 heteroatoms. The van der Waals surface area contributed by atoms with E-state index in [1.165, 1.54) is 6.07 Å². The Morgan fingerprint density at radius 1 is 1.44 bits per heavy atom. The van der Waals surface area contributed by atoms with Crippen LogP contribution in [0.3, 0.4) is 0 Å². The van der Waals surface area contributed by atoms with E-state index in [4.69, 9.17) is 0 Å². The molecule has 0 saturated heterocycles. The van der Waals surface area contributed by atoms with Gasteiger partial charge in [0.15, 0.2) is 0 Å². The number of nitrogens with zero attached hydrogens (tertiary/aromatic N) is 1. The van der Waals surface area contributed by atoms with Crippen LogP contribution in [0.5, 0.6) is 0 Å². The standard InChI is InChI=1S/C13H17FN2O.ClH/c1-15-8-13(17)16(11-6-7-11)9-10-4-2-3-5-12(10)14;/h2-5,11,15H,6-9H2,1H3;1H. The molecule has 0 bridgehead atoms. The highest BCUT2D eigenvalue weighted by Crippen LogP contribution is 2.28. The maximum Gasteiger partial charge on any atom is 0.237 e. The zero-order chi connectivity index (χ0) is 12.3. The molecule has 0 radical (unpaired) electrons. The van der Waals surface area contributed by atoms with Crippen molar-refractivity contribution >= 4 is 18.3 Å². The van der Waals surface area contributed by atoms with Crippen molar-refractivity contribution in [1.82, 2.24) is 10.2 Å². The predicted molar refractivity (Wildman–Crippen MR) is 71.1 cm³/mol. The molecule has 1 aliphatic carbocycles. The van der Waals surface area contributed by atoms with Gasteiger partial charge in [-0.05, 0) is 26.0 Å². The van der Waals surface area contributed by atoms with Crippen molar-refractivity contribution in [1.29, 1.82) is 0 Å². The number of benzene rings is 1. The van der Waals surface area contributed by atoms with Crippen molar-refractivity contribution in [2.75, 3.05) is 13.6 Å². The number of halogens is 2. The van der Waals surface area contributed by atoms with E-state index in [0.717, 1.165) is 12.8 Å². The highest BCUT2D eigenvalue weighted by Gasteiger charge is 2.32. The van der Waals surface area contributed by atoms with Gasteiger partial charge in [0.25, 0.3) is 0 Å². The summed E-state index contributed by atoms with van der Waals surface area (Å²) >= 11 is 0. The predicted octanol–water partition coefficient (Wildman–Crippen LogP) is 1.96. The summed E-state index contributed by atoms with van der Waals surface area (Å²) in [4.78, 5) is 13.7. The van der Waals surface area contributed by atoms with E-state index in [1.807, 2.05) is 0 Å². The van der Waals surface area contributed by atoms with Crippen LogP contribution in [-0.4, -0.2) is 30.4 Å². The second kappa shape index (κ2) is 6.71. The average molecular weight is 273 g/mol. The van der Waals surface area contributed by atoms with Gasteiger partial charge in [-0.2, -0.15) is 0 Å². The third-order valence-electron chi connectivity index (χ3n) is 2.93. The number of likely N-dealkylation sites (N-methyl/N-ethyl adjacent to an activating group) is 1. The van der Waals surface area contributed by atoms with Crippen molar-refractivity contribution in [2.24, 2.45) is 0 Å². The summed E-state index contributed by atoms with van der Waals surface area (Å²) in [7, 11) is 1.74. The Kier molecular flexibility index (Phi) is 5.56. The third kappa shape index (κ3) is 3.68. The number of carbonyl (C=O) groups excluding carboxylic acids is 1. The lowest BCUT2D eigenvalue weighted by Gasteiger charge is -2.22. The molecule has 2 rings (SSSR count). The molecule has 1 N–H and O–H groups in total. The lowest BCUT2D eigenvalue weighted by atomic mass is 10.2. The number of hydrogen-bond acceptors (Lipinski definition) is 2. The summed E-state index contributed by atoms with van der Waals surface area (Å²) in [5.74, 6) is -0.200. The number of rotatable bonds is 5. The van der Waals surface area contributed by atoms with Crippen molar-refractivity contribution in [3.05, 3.63) is 35.6 Å². The molecule has 0 aromatic heterocycles. The van der Waals surface area contributed by atoms with E-state index in [1.54, 1.807) is 30.1 Å². The van der Waals surface area contributed by atoms with Gasteiger partial charge in [0, 0.05) is 18.2 Å². The fourth-order valence-corrected chi connectivity index (χ4v) is 1.87. The molecule has 3 nitrogen and oxygen atoms in total. The minimum Gasteiger partial charge on any atom is -0.334 e. The molecule has 0 aliphatic heterocycles. The zero-order valence-corrected chi connectivity index (χ0v) is 11.2. The Morgan fingerprint density at radius 2 is 2.11 bits per heavy atom. The van der Waals surface area contributed by atoms with Gasteiger partial charge in [0.2, 0.25) is 5.91 Å². The van der Waals surface area contributed by atoms with E-state index in [0.29, 0.717) is 24.7 Å². The molecule has 1 saturated carbocycles. The monoisotopic (exact) mass is 272 g/mol. The lowest BCUT2D eigenvalue weighted by Crippen LogP contribution is -2.38. The van der Waals surface area contributed by atoms with Gasteiger partial charge in [-0.3, -0.25) is 4.79 Å². The quantitative estimate of drug-likeness (QED) is 0.889. The second-order valence-corrected chi connectivity index (χ2v) is 4.37.